The van der Waals surface area contributed by atoms with Crippen LogP contribution in [0.15, 0.2) is 34.7 Å². The standard InChI is InChI=1S/C19H23N3O3/c1-14-18(19(24)22-11-5-6-12-22)21-17(25-14)13-20-16(23)10-9-15-7-3-2-4-8-15/h2-4,7-8H,5-6,9-13H2,1H3,(H,20,23). The van der Waals surface area contributed by atoms with Crippen molar-refractivity contribution in [3.8, 4) is 0 Å². The van der Waals surface area contributed by atoms with Crippen molar-refractivity contribution in [3.63, 3.8) is 0 Å². The SMILES string of the molecule is Cc1oc(CNC(=O)CCc2ccccc2)nc1C(=O)N1CCCC1. The highest BCUT2D eigenvalue weighted by atomic mass is 16.4. The lowest BCUT2D eigenvalue weighted by atomic mass is 10.1. The lowest BCUT2D eigenvalue weighted by Gasteiger charge is -2.13. The van der Waals surface area contributed by atoms with E-state index < -0.39 is 0 Å². The van der Waals surface area contributed by atoms with Crippen molar-refractivity contribution in [3.05, 3.63) is 53.2 Å². The van der Waals surface area contributed by atoms with Gasteiger partial charge < -0.3 is 14.6 Å². The van der Waals surface area contributed by atoms with Crippen molar-refractivity contribution in [2.75, 3.05) is 13.1 Å². The molecular weight excluding hydrogens is 318 g/mol. The molecule has 0 radical (unpaired) electrons. The minimum Gasteiger partial charge on any atom is -0.443 e. The number of carbonyl (C=O) groups excluding carboxylic acids is 2. The minimum atomic E-state index is -0.0830. The number of aryl methyl sites for hydroxylation is 2. The highest BCUT2D eigenvalue weighted by Crippen LogP contribution is 2.16. The summed E-state index contributed by atoms with van der Waals surface area (Å²) < 4.78 is 5.54. The van der Waals surface area contributed by atoms with Gasteiger partial charge in [0.25, 0.3) is 5.91 Å². The summed E-state index contributed by atoms with van der Waals surface area (Å²) in [5.41, 5.74) is 1.48. The van der Waals surface area contributed by atoms with Crippen LogP contribution in [0.1, 0.15) is 47.0 Å². The van der Waals surface area contributed by atoms with E-state index in [2.05, 4.69) is 10.3 Å². The Morgan fingerprint density at radius 1 is 1.20 bits per heavy atom. The normalized spacial score (nSPS) is 13.9. The fourth-order valence-corrected chi connectivity index (χ4v) is 2.96. The second kappa shape index (κ2) is 7.96. The molecule has 0 unspecified atom stereocenters. The van der Waals surface area contributed by atoms with E-state index >= 15 is 0 Å². The summed E-state index contributed by atoms with van der Waals surface area (Å²) in [5.74, 6) is 0.728. The van der Waals surface area contributed by atoms with E-state index in [1.807, 2.05) is 30.3 Å². The molecule has 2 amide bonds. The third-order valence-electron chi connectivity index (χ3n) is 4.36. The first-order chi connectivity index (χ1) is 12.1. The molecule has 1 aromatic carbocycles. The van der Waals surface area contributed by atoms with Gasteiger partial charge in [0.15, 0.2) is 5.69 Å². The van der Waals surface area contributed by atoms with E-state index in [1.54, 1.807) is 11.8 Å². The molecular formula is C19H23N3O3. The maximum atomic E-state index is 12.4. The Morgan fingerprint density at radius 2 is 1.92 bits per heavy atom. The second-order valence-electron chi connectivity index (χ2n) is 6.27. The average Bonchev–Trinajstić information content (AvgIpc) is 3.28. The number of hydrogen-bond donors (Lipinski definition) is 1. The smallest absolute Gasteiger partial charge is 0.276 e. The van der Waals surface area contributed by atoms with Crippen LogP contribution in [0.3, 0.4) is 0 Å². The fraction of sp³-hybridized carbons (Fsp3) is 0.421. The number of nitrogens with one attached hydrogen (secondary N) is 1. The predicted octanol–water partition coefficient (Wildman–Crippen LogP) is 2.47. The summed E-state index contributed by atoms with van der Waals surface area (Å²) in [4.78, 5) is 30.4. The van der Waals surface area contributed by atoms with Crippen LogP contribution in [0, 0.1) is 6.92 Å². The van der Waals surface area contributed by atoms with Gasteiger partial charge in [-0.15, -0.1) is 0 Å². The molecule has 3 rings (SSSR count). The summed E-state index contributed by atoms with van der Waals surface area (Å²) >= 11 is 0. The Kier molecular flexibility index (Phi) is 5.48. The van der Waals surface area contributed by atoms with Crippen molar-refractivity contribution in [2.24, 2.45) is 0 Å². The summed E-state index contributed by atoms with van der Waals surface area (Å²) in [5, 5.41) is 2.80. The van der Waals surface area contributed by atoms with E-state index in [4.69, 9.17) is 4.42 Å². The average molecular weight is 341 g/mol. The van der Waals surface area contributed by atoms with Gasteiger partial charge in [-0.2, -0.15) is 0 Å². The number of carbonyl (C=O) groups is 2. The Bertz CT molecular complexity index is 734. The van der Waals surface area contributed by atoms with Crippen LogP contribution in [-0.4, -0.2) is 34.8 Å². The molecule has 1 aromatic heterocycles. The van der Waals surface area contributed by atoms with Gasteiger partial charge in [-0.1, -0.05) is 30.3 Å². The Hall–Kier alpha value is -2.63. The summed E-state index contributed by atoms with van der Waals surface area (Å²) in [6.45, 7) is 3.48. The predicted molar refractivity (Wildman–Crippen MR) is 93.0 cm³/mol. The molecule has 6 nitrogen and oxygen atoms in total. The summed E-state index contributed by atoms with van der Waals surface area (Å²) in [6, 6.07) is 9.88. The van der Waals surface area contributed by atoms with Crippen LogP contribution in [-0.2, 0) is 17.8 Å². The van der Waals surface area contributed by atoms with Crippen LogP contribution in [0.25, 0.3) is 0 Å². The maximum absolute atomic E-state index is 12.4. The molecule has 1 aliphatic rings. The molecule has 1 N–H and O–H groups in total. The molecule has 132 valence electrons. The molecule has 25 heavy (non-hydrogen) atoms. The first kappa shape index (κ1) is 17.2. The van der Waals surface area contributed by atoms with Crippen molar-refractivity contribution < 1.29 is 14.0 Å². The van der Waals surface area contributed by atoms with Gasteiger partial charge in [0, 0.05) is 19.5 Å². The number of hydrogen-bond acceptors (Lipinski definition) is 4. The van der Waals surface area contributed by atoms with Crippen LogP contribution < -0.4 is 5.32 Å². The topological polar surface area (TPSA) is 75.4 Å². The Balaban J connectivity index is 1.50. The number of rotatable bonds is 6. The van der Waals surface area contributed by atoms with Crippen molar-refractivity contribution in [2.45, 2.75) is 39.2 Å². The number of aromatic nitrogens is 1. The van der Waals surface area contributed by atoms with Crippen LogP contribution in [0.2, 0.25) is 0 Å². The molecule has 0 atom stereocenters. The van der Waals surface area contributed by atoms with Gasteiger partial charge in [0.05, 0.1) is 6.54 Å². The van der Waals surface area contributed by atoms with E-state index in [-0.39, 0.29) is 18.4 Å². The summed E-state index contributed by atoms with van der Waals surface area (Å²) in [6.07, 6.45) is 3.17. The van der Waals surface area contributed by atoms with Crippen LogP contribution >= 0.6 is 0 Å². The third-order valence-corrected chi connectivity index (χ3v) is 4.36. The number of oxazole rings is 1. The molecule has 1 aliphatic heterocycles. The molecule has 0 bridgehead atoms. The molecule has 1 fully saturated rings. The molecule has 1 saturated heterocycles. The quantitative estimate of drug-likeness (QED) is 0.876. The minimum absolute atomic E-state index is 0.0628. The van der Waals surface area contributed by atoms with Gasteiger partial charge in [-0.05, 0) is 31.7 Å². The molecule has 0 saturated carbocycles. The van der Waals surface area contributed by atoms with E-state index in [0.29, 0.717) is 30.2 Å². The summed E-state index contributed by atoms with van der Waals surface area (Å²) in [7, 11) is 0. The van der Waals surface area contributed by atoms with E-state index in [0.717, 1.165) is 31.5 Å². The fourth-order valence-electron chi connectivity index (χ4n) is 2.96. The lowest BCUT2D eigenvalue weighted by Crippen LogP contribution is -2.28. The zero-order valence-corrected chi connectivity index (χ0v) is 14.5. The van der Waals surface area contributed by atoms with Gasteiger partial charge >= 0.3 is 0 Å². The largest absolute Gasteiger partial charge is 0.443 e. The molecule has 2 heterocycles. The second-order valence-corrected chi connectivity index (χ2v) is 6.27. The van der Waals surface area contributed by atoms with Gasteiger partial charge in [0.2, 0.25) is 11.8 Å². The first-order valence-electron chi connectivity index (χ1n) is 8.69. The van der Waals surface area contributed by atoms with Crippen molar-refractivity contribution in [1.82, 2.24) is 15.2 Å². The van der Waals surface area contributed by atoms with Gasteiger partial charge in [0.1, 0.15) is 5.76 Å². The van der Waals surface area contributed by atoms with Crippen molar-refractivity contribution >= 4 is 11.8 Å². The maximum Gasteiger partial charge on any atom is 0.276 e. The molecule has 2 aromatic rings. The Morgan fingerprint density at radius 3 is 2.64 bits per heavy atom. The zero-order chi connectivity index (χ0) is 17.6. The molecule has 0 aliphatic carbocycles. The highest BCUT2D eigenvalue weighted by molar-refractivity contribution is 5.93. The monoisotopic (exact) mass is 341 g/mol. The molecule has 6 heteroatoms. The van der Waals surface area contributed by atoms with Gasteiger partial charge in [-0.25, -0.2) is 4.98 Å². The first-order valence-corrected chi connectivity index (χ1v) is 8.69. The van der Waals surface area contributed by atoms with Crippen LogP contribution in [0.4, 0.5) is 0 Å². The van der Waals surface area contributed by atoms with Crippen LogP contribution in [0.5, 0.6) is 0 Å². The number of likely N-dealkylation sites (tertiary alicyclic amines) is 1. The number of benzene rings is 1. The lowest BCUT2D eigenvalue weighted by molar-refractivity contribution is -0.121. The highest BCUT2D eigenvalue weighted by Gasteiger charge is 2.25. The van der Waals surface area contributed by atoms with Crippen molar-refractivity contribution in [1.29, 1.82) is 0 Å². The number of nitrogens with zero attached hydrogens (tertiary/aromatic N) is 2. The molecule has 0 spiro atoms. The Labute approximate surface area is 147 Å². The third kappa shape index (κ3) is 4.47. The number of amides is 2. The zero-order valence-electron chi connectivity index (χ0n) is 14.5. The van der Waals surface area contributed by atoms with E-state index in [1.165, 1.54) is 0 Å². The van der Waals surface area contributed by atoms with Gasteiger partial charge in [-0.3, -0.25) is 9.59 Å². The van der Waals surface area contributed by atoms with E-state index in [9.17, 15) is 9.59 Å².